The summed E-state index contributed by atoms with van der Waals surface area (Å²) in [7, 11) is 0. The van der Waals surface area contributed by atoms with Gasteiger partial charge in [-0.15, -0.1) is 0 Å². The maximum atomic E-state index is 12.5. The summed E-state index contributed by atoms with van der Waals surface area (Å²) in [6, 6.07) is 26.2. The van der Waals surface area contributed by atoms with Crippen molar-refractivity contribution >= 4 is 17.7 Å². The number of benzene rings is 3. The highest BCUT2D eigenvalue weighted by molar-refractivity contribution is 6.02. The molecule has 0 heterocycles. The Kier molecular flexibility index (Phi) is 6.79. The number of hydrogen-bond acceptors (Lipinski definition) is 3. The number of rotatable bonds is 7. The summed E-state index contributed by atoms with van der Waals surface area (Å²) in [5.74, 6) is -0.241. The minimum Gasteiger partial charge on any atom is -0.444 e. The van der Waals surface area contributed by atoms with E-state index in [1.165, 1.54) is 0 Å². The van der Waals surface area contributed by atoms with E-state index >= 15 is 0 Å². The van der Waals surface area contributed by atoms with Crippen LogP contribution in [0.4, 0.5) is 10.5 Å². The first-order valence-electron chi connectivity index (χ1n) is 9.11. The van der Waals surface area contributed by atoms with Crippen LogP contribution in [0.25, 0.3) is 0 Å². The molecule has 0 spiro atoms. The van der Waals surface area contributed by atoms with Crippen molar-refractivity contribution in [2.24, 2.45) is 0 Å². The van der Waals surface area contributed by atoms with Gasteiger partial charge in [0.2, 0.25) is 0 Å². The number of amides is 2. The van der Waals surface area contributed by atoms with Crippen molar-refractivity contribution in [2.45, 2.75) is 13.0 Å². The first-order chi connectivity index (χ1) is 13.7. The Morgan fingerprint density at radius 1 is 0.750 bits per heavy atom. The molecule has 5 nitrogen and oxygen atoms in total. The lowest BCUT2D eigenvalue weighted by molar-refractivity contribution is 0.0955. The number of ether oxygens (including phenoxy) is 1. The molecule has 3 aromatic rings. The van der Waals surface area contributed by atoms with Crippen molar-refractivity contribution in [1.29, 1.82) is 0 Å². The number of carbonyl (C=O) groups excluding carboxylic acids is 2. The van der Waals surface area contributed by atoms with Crippen molar-refractivity contribution in [3.8, 4) is 0 Å². The van der Waals surface area contributed by atoms with E-state index in [0.717, 1.165) is 17.5 Å². The molecule has 0 saturated carbocycles. The largest absolute Gasteiger partial charge is 0.444 e. The normalized spacial score (nSPS) is 10.1. The van der Waals surface area contributed by atoms with E-state index in [9.17, 15) is 9.59 Å². The zero-order chi connectivity index (χ0) is 19.6. The molecule has 0 aliphatic carbocycles. The van der Waals surface area contributed by atoms with E-state index in [1.54, 1.807) is 24.3 Å². The van der Waals surface area contributed by atoms with Crippen molar-refractivity contribution in [3.63, 3.8) is 0 Å². The van der Waals surface area contributed by atoms with Crippen LogP contribution in [0, 0.1) is 0 Å². The molecule has 0 saturated heterocycles. The lowest BCUT2D eigenvalue weighted by Crippen LogP contribution is -2.27. The van der Waals surface area contributed by atoms with Gasteiger partial charge < -0.3 is 10.1 Å². The predicted molar refractivity (Wildman–Crippen MR) is 109 cm³/mol. The number of nitrogens with one attached hydrogen (secondary N) is 2. The minimum atomic E-state index is -0.603. The Morgan fingerprint density at radius 3 is 2.07 bits per heavy atom. The highest BCUT2D eigenvalue weighted by Crippen LogP contribution is 2.15. The van der Waals surface area contributed by atoms with Crippen molar-refractivity contribution in [1.82, 2.24) is 5.32 Å². The second-order valence-electron chi connectivity index (χ2n) is 6.22. The van der Waals surface area contributed by atoms with E-state index in [2.05, 4.69) is 10.6 Å². The Hall–Kier alpha value is -3.60. The summed E-state index contributed by atoms with van der Waals surface area (Å²) in [6.07, 6.45) is 0.134. The van der Waals surface area contributed by atoms with Gasteiger partial charge in [0.05, 0.1) is 11.3 Å². The SMILES string of the molecule is O=C(Nc1ccccc1C(=O)NCCc1ccccc1)OCc1ccccc1. The summed E-state index contributed by atoms with van der Waals surface area (Å²) in [5.41, 5.74) is 2.85. The topological polar surface area (TPSA) is 67.4 Å². The predicted octanol–water partition coefficient (Wildman–Crippen LogP) is 4.41. The second kappa shape index (κ2) is 9.92. The number of hydrogen-bond donors (Lipinski definition) is 2. The van der Waals surface area contributed by atoms with Gasteiger partial charge in [-0.2, -0.15) is 0 Å². The highest BCUT2D eigenvalue weighted by Gasteiger charge is 2.13. The summed E-state index contributed by atoms with van der Waals surface area (Å²) in [6.45, 7) is 0.674. The van der Waals surface area contributed by atoms with E-state index in [1.807, 2.05) is 60.7 Å². The van der Waals surface area contributed by atoms with Gasteiger partial charge in [-0.05, 0) is 29.7 Å². The summed E-state index contributed by atoms with van der Waals surface area (Å²) >= 11 is 0. The minimum absolute atomic E-state index is 0.165. The fourth-order valence-corrected chi connectivity index (χ4v) is 2.72. The third-order valence-corrected chi connectivity index (χ3v) is 4.16. The molecule has 0 atom stereocenters. The molecule has 2 amide bonds. The van der Waals surface area contributed by atoms with Crippen LogP contribution in [-0.2, 0) is 17.8 Å². The van der Waals surface area contributed by atoms with E-state index < -0.39 is 6.09 Å². The molecule has 0 aliphatic heterocycles. The first kappa shape index (κ1) is 19.2. The zero-order valence-corrected chi connectivity index (χ0v) is 15.4. The number of para-hydroxylation sites is 1. The zero-order valence-electron chi connectivity index (χ0n) is 15.4. The number of carbonyl (C=O) groups is 2. The molecule has 0 bridgehead atoms. The lowest BCUT2D eigenvalue weighted by atomic mass is 10.1. The van der Waals surface area contributed by atoms with Crippen LogP contribution in [0.5, 0.6) is 0 Å². The summed E-state index contributed by atoms with van der Waals surface area (Å²) in [4.78, 5) is 24.6. The van der Waals surface area contributed by atoms with Crippen LogP contribution < -0.4 is 10.6 Å². The molecule has 0 aliphatic rings. The van der Waals surface area contributed by atoms with Crippen LogP contribution >= 0.6 is 0 Å². The molecular weight excluding hydrogens is 352 g/mol. The van der Waals surface area contributed by atoms with E-state index in [4.69, 9.17) is 4.74 Å². The molecule has 5 heteroatoms. The monoisotopic (exact) mass is 374 g/mol. The molecule has 0 radical (unpaired) electrons. The molecule has 3 aromatic carbocycles. The molecule has 28 heavy (non-hydrogen) atoms. The van der Waals surface area contributed by atoms with Gasteiger partial charge in [0, 0.05) is 6.54 Å². The van der Waals surface area contributed by atoms with Crippen molar-refractivity contribution in [3.05, 3.63) is 102 Å². The van der Waals surface area contributed by atoms with E-state index in [-0.39, 0.29) is 12.5 Å². The van der Waals surface area contributed by atoms with Gasteiger partial charge in [-0.3, -0.25) is 10.1 Å². The van der Waals surface area contributed by atoms with Gasteiger partial charge in [-0.1, -0.05) is 72.8 Å². The molecule has 3 rings (SSSR count). The van der Waals surface area contributed by atoms with Crippen LogP contribution in [0.1, 0.15) is 21.5 Å². The molecule has 0 fully saturated rings. The maximum Gasteiger partial charge on any atom is 0.411 e. The summed E-state index contributed by atoms with van der Waals surface area (Å²) < 4.78 is 5.22. The molecular formula is C23H22N2O3. The van der Waals surface area contributed by atoms with Crippen molar-refractivity contribution < 1.29 is 14.3 Å². The van der Waals surface area contributed by atoms with Crippen LogP contribution in [0.15, 0.2) is 84.9 Å². The smallest absolute Gasteiger partial charge is 0.411 e. The highest BCUT2D eigenvalue weighted by atomic mass is 16.5. The first-order valence-corrected chi connectivity index (χ1v) is 9.11. The molecule has 2 N–H and O–H groups in total. The second-order valence-corrected chi connectivity index (χ2v) is 6.22. The fourth-order valence-electron chi connectivity index (χ4n) is 2.72. The maximum absolute atomic E-state index is 12.5. The van der Waals surface area contributed by atoms with Crippen LogP contribution in [0.3, 0.4) is 0 Å². The Labute approximate surface area is 164 Å². The molecule has 142 valence electrons. The Bertz CT molecular complexity index is 911. The molecule has 0 unspecified atom stereocenters. The average Bonchev–Trinajstić information content (AvgIpc) is 2.74. The standard InChI is InChI=1S/C23H22N2O3/c26-22(24-16-15-18-9-3-1-4-10-18)20-13-7-8-14-21(20)25-23(27)28-17-19-11-5-2-6-12-19/h1-14H,15-17H2,(H,24,26)(H,25,27). The Balaban J connectivity index is 1.54. The van der Waals surface area contributed by atoms with Gasteiger partial charge >= 0.3 is 6.09 Å². The average molecular weight is 374 g/mol. The van der Waals surface area contributed by atoms with Crippen LogP contribution in [-0.4, -0.2) is 18.5 Å². The number of anilines is 1. The molecule has 0 aromatic heterocycles. The third kappa shape index (κ3) is 5.71. The van der Waals surface area contributed by atoms with Crippen LogP contribution in [0.2, 0.25) is 0 Å². The third-order valence-electron chi connectivity index (χ3n) is 4.16. The van der Waals surface area contributed by atoms with E-state index in [0.29, 0.717) is 17.8 Å². The lowest BCUT2D eigenvalue weighted by Gasteiger charge is -2.12. The fraction of sp³-hybridized carbons (Fsp3) is 0.130. The van der Waals surface area contributed by atoms with Gasteiger partial charge in [0.15, 0.2) is 0 Å². The van der Waals surface area contributed by atoms with Gasteiger partial charge in [0.25, 0.3) is 5.91 Å². The van der Waals surface area contributed by atoms with Gasteiger partial charge in [0.1, 0.15) is 6.61 Å². The Morgan fingerprint density at radius 2 is 1.36 bits per heavy atom. The summed E-state index contributed by atoms with van der Waals surface area (Å²) in [5, 5.41) is 5.54. The quantitative estimate of drug-likeness (QED) is 0.644. The van der Waals surface area contributed by atoms with Gasteiger partial charge in [-0.25, -0.2) is 4.79 Å². The van der Waals surface area contributed by atoms with Crippen molar-refractivity contribution in [2.75, 3.05) is 11.9 Å².